The van der Waals surface area contributed by atoms with Crippen molar-refractivity contribution in [3.63, 3.8) is 0 Å². The highest BCUT2D eigenvalue weighted by atomic mass is 32.2. The molecule has 0 unspecified atom stereocenters. The molecule has 0 aliphatic carbocycles. The van der Waals surface area contributed by atoms with Gasteiger partial charge < -0.3 is 14.1 Å². The molecule has 2 aliphatic heterocycles. The maximum Gasteiger partial charge on any atom is 0.243 e. The zero-order chi connectivity index (χ0) is 19.0. The predicted octanol–water partition coefficient (Wildman–Crippen LogP) is 1.95. The summed E-state index contributed by atoms with van der Waals surface area (Å²) >= 11 is 0. The lowest BCUT2D eigenvalue weighted by Crippen LogP contribution is -2.34. The fraction of sp³-hybridized carbons (Fsp3) is 0.421. The summed E-state index contributed by atoms with van der Waals surface area (Å²) in [5, 5.41) is 0. The van der Waals surface area contributed by atoms with Crippen molar-refractivity contribution in [2.24, 2.45) is 0 Å². The number of hydrogen-bond donors (Lipinski definition) is 0. The number of amides is 1. The van der Waals surface area contributed by atoms with E-state index in [1.165, 1.54) is 10.6 Å². The molecule has 27 heavy (non-hydrogen) atoms. The van der Waals surface area contributed by atoms with E-state index in [4.69, 9.17) is 9.15 Å². The first-order chi connectivity index (χ1) is 13.0. The van der Waals surface area contributed by atoms with E-state index in [1.54, 1.807) is 36.5 Å². The molecule has 144 valence electrons. The van der Waals surface area contributed by atoms with Gasteiger partial charge in [0.15, 0.2) is 0 Å². The Morgan fingerprint density at radius 3 is 2.70 bits per heavy atom. The Balaban J connectivity index is 1.71. The Hall–Kier alpha value is -2.16. The van der Waals surface area contributed by atoms with Crippen LogP contribution in [0.1, 0.15) is 23.1 Å². The van der Waals surface area contributed by atoms with Crippen LogP contribution >= 0.6 is 0 Å². The van der Waals surface area contributed by atoms with Crippen LogP contribution in [0.15, 0.2) is 40.0 Å². The van der Waals surface area contributed by atoms with Crippen LogP contribution in [-0.4, -0.2) is 45.4 Å². The smallest absolute Gasteiger partial charge is 0.243 e. The second kappa shape index (κ2) is 7.10. The van der Waals surface area contributed by atoms with Crippen molar-refractivity contribution < 1.29 is 22.4 Å². The molecule has 0 bridgehead atoms. The molecule has 2 aliphatic rings. The molecule has 1 amide bonds. The second-order valence-electron chi connectivity index (χ2n) is 6.85. The number of nitrogens with zero attached hydrogens (tertiary/aromatic N) is 2. The van der Waals surface area contributed by atoms with Crippen molar-refractivity contribution in [3.05, 3.63) is 47.4 Å². The number of benzene rings is 1. The highest BCUT2D eigenvalue weighted by molar-refractivity contribution is 7.89. The molecule has 1 aromatic carbocycles. The number of aryl methyl sites for hydroxylation is 1. The van der Waals surface area contributed by atoms with Crippen LogP contribution in [0.3, 0.4) is 0 Å². The van der Waals surface area contributed by atoms with Crippen LogP contribution in [0, 0.1) is 0 Å². The number of anilines is 1. The van der Waals surface area contributed by atoms with Gasteiger partial charge in [0.1, 0.15) is 0 Å². The molecule has 0 spiro atoms. The number of rotatable bonds is 7. The minimum absolute atomic E-state index is 0.124. The first-order valence-corrected chi connectivity index (χ1v) is 10.4. The lowest BCUT2D eigenvalue weighted by atomic mass is 10.00. The quantitative estimate of drug-likeness (QED) is 0.722. The number of furan rings is 1. The fourth-order valence-corrected chi connectivity index (χ4v) is 5.30. The summed E-state index contributed by atoms with van der Waals surface area (Å²) < 4.78 is 38.3. The Bertz CT molecular complexity index is 953. The van der Waals surface area contributed by atoms with E-state index in [0.29, 0.717) is 32.4 Å². The molecular formula is C19H22N2O5S. The van der Waals surface area contributed by atoms with Gasteiger partial charge in [-0.1, -0.05) is 0 Å². The zero-order valence-corrected chi connectivity index (χ0v) is 16.0. The van der Waals surface area contributed by atoms with Crippen LogP contribution in [-0.2, 0) is 38.9 Å². The summed E-state index contributed by atoms with van der Waals surface area (Å²) in [6, 6.07) is 5.21. The first-order valence-electron chi connectivity index (χ1n) is 8.97. The number of hydrogen-bond acceptors (Lipinski definition) is 5. The van der Waals surface area contributed by atoms with Gasteiger partial charge in [0, 0.05) is 38.7 Å². The summed E-state index contributed by atoms with van der Waals surface area (Å²) in [4.78, 5) is 14.2. The Kier molecular flexibility index (Phi) is 4.79. The normalized spacial score (nSPS) is 16.2. The minimum atomic E-state index is -3.70. The maximum atomic E-state index is 13.4. The third kappa shape index (κ3) is 3.28. The summed E-state index contributed by atoms with van der Waals surface area (Å²) in [7, 11) is -2.15. The topological polar surface area (TPSA) is 80.1 Å². The number of methoxy groups -OCH3 is 1. The van der Waals surface area contributed by atoms with Crippen molar-refractivity contribution in [1.82, 2.24) is 4.31 Å². The van der Waals surface area contributed by atoms with E-state index in [2.05, 4.69) is 0 Å². The molecule has 8 heteroatoms. The van der Waals surface area contributed by atoms with Crippen LogP contribution in [0.5, 0.6) is 0 Å². The molecule has 0 fully saturated rings. The molecule has 0 radical (unpaired) electrons. The van der Waals surface area contributed by atoms with Gasteiger partial charge in [0.2, 0.25) is 15.9 Å². The molecule has 3 heterocycles. The van der Waals surface area contributed by atoms with Crippen LogP contribution in [0.25, 0.3) is 0 Å². The predicted molar refractivity (Wildman–Crippen MR) is 99.0 cm³/mol. The van der Waals surface area contributed by atoms with Gasteiger partial charge in [0.25, 0.3) is 0 Å². The van der Waals surface area contributed by atoms with Crippen molar-refractivity contribution in [2.75, 3.05) is 31.7 Å². The van der Waals surface area contributed by atoms with E-state index in [0.717, 1.165) is 22.4 Å². The molecule has 0 atom stereocenters. The molecule has 0 saturated heterocycles. The lowest BCUT2D eigenvalue weighted by Gasteiger charge is -2.27. The second-order valence-corrected chi connectivity index (χ2v) is 8.79. The van der Waals surface area contributed by atoms with Gasteiger partial charge in [0.05, 0.1) is 29.7 Å². The van der Waals surface area contributed by atoms with Crippen molar-refractivity contribution in [1.29, 1.82) is 0 Å². The van der Waals surface area contributed by atoms with Gasteiger partial charge in [-0.25, -0.2) is 8.42 Å². The Morgan fingerprint density at radius 1 is 1.22 bits per heavy atom. The van der Waals surface area contributed by atoms with Gasteiger partial charge in [-0.05, 0) is 42.2 Å². The van der Waals surface area contributed by atoms with E-state index >= 15 is 0 Å². The van der Waals surface area contributed by atoms with Crippen molar-refractivity contribution in [2.45, 2.75) is 30.7 Å². The van der Waals surface area contributed by atoms with E-state index in [-0.39, 0.29) is 23.9 Å². The molecule has 0 saturated carbocycles. The van der Waals surface area contributed by atoms with E-state index in [9.17, 15) is 13.2 Å². The van der Waals surface area contributed by atoms with Gasteiger partial charge in [-0.15, -0.1) is 0 Å². The van der Waals surface area contributed by atoms with Gasteiger partial charge in [-0.3, -0.25) is 4.79 Å². The number of carbonyl (C=O) groups excluding carboxylic acids is 1. The molecule has 7 nitrogen and oxygen atoms in total. The SMILES string of the molecule is COCCN(Cc1ccoc1)S(=O)(=O)c1cc2c3c(c1)CCN3C(=O)CC2. The summed E-state index contributed by atoms with van der Waals surface area (Å²) in [6.07, 6.45) is 4.78. The van der Waals surface area contributed by atoms with Crippen LogP contribution in [0.2, 0.25) is 0 Å². The summed E-state index contributed by atoms with van der Waals surface area (Å²) in [5.41, 5.74) is 3.59. The standard InChI is InChI=1S/C19H22N2O5S/c1-25-9-7-20(12-14-5-8-26-13-14)27(23,24)17-10-15-2-3-18(22)21-6-4-16(11-17)19(15)21/h5,8,10-11,13H,2-4,6-7,9,12H2,1H3. The molecule has 2 aromatic rings. The van der Waals surface area contributed by atoms with E-state index in [1.807, 2.05) is 0 Å². The third-order valence-corrected chi connectivity index (χ3v) is 6.97. The summed E-state index contributed by atoms with van der Waals surface area (Å²) in [6.45, 7) is 1.41. The average molecular weight is 390 g/mol. The molecule has 4 rings (SSSR count). The average Bonchev–Trinajstić information content (AvgIpc) is 3.32. The lowest BCUT2D eigenvalue weighted by molar-refractivity contribution is -0.118. The van der Waals surface area contributed by atoms with Crippen LogP contribution < -0.4 is 4.90 Å². The van der Waals surface area contributed by atoms with Crippen molar-refractivity contribution >= 4 is 21.6 Å². The number of sulfonamides is 1. The highest BCUT2D eigenvalue weighted by Gasteiger charge is 2.34. The van der Waals surface area contributed by atoms with E-state index < -0.39 is 10.0 Å². The third-order valence-electron chi connectivity index (χ3n) is 5.15. The molecule has 0 N–H and O–H groups in total. The van der Waals surface area contributed by atoms with Crippen molar-refractivity contribution in [3.8, 4) is 0 Å². The van der Waals surface area contributed by atoms with Gasteiger partial charge in [-0.2, -0.15) is 4.31 Å². The maximum absolute atomic E-state index is 13.4. The van der Waals surface area contributed by atoms with Gasteiger partial charge >= 0.3 is 0 Å². The first kappa shape index (κ1) is 18.2. The molecule has 1 aromatic heterocycles. The largest absolute Gasteiger partial charge is 0.472 e. The number of carbonyl (C=O) groups is 1. The minimum Gasteiger partial charge on any atom is -0.472 e. The number of ether oxygens (including phenoxy) is 1. The Labute approximate surface area is 158 Å². The fourth-order valence-electron chi connectivity index (χ4n) is 3.79. The summed E-state index contributed by atoms with van der Waals surface area (Å²) in [5.74, 6) is 0.124. The van der Waals surface area contributed by atoms with Crippen LogP contribution in [0.4, 0.5) is 5.69 Å². The monoisotopic (exact) mass is 390 g/mol. The highest BCUT2D eigenvalue weighted by Crippen LogP contribution is 2.39. The zero-order valence-electron chi connectivity index (χ0n) is 15.2. The Morgan fingerprint density at radius 2 is 2.00 bits per heavy atom. The molecular weight excluding hydrogens is 368 g/mol.